The smallest absolute Gasteiger partial charge is 0.137 e. The van der Waals surface area contributed by atoms with Gasteiger partial charge in [-0.3, -0.25) is 4.99 Å². The maximum Gasteiger partial charge on any atom is 0.137 e. The molecule has 0 N–H and O–H groups in total. The largest absolute Gasteiger partial charge is 0.322 e. The van der Waals surface area contributed by atoms with Crippen LogP contribution in [0, 0.1) is 6.92 Å². The number of hydrogen-bond donors (Lipinski definition) is 0. The molecule has 1 aliphatic heterocycles. The maximum atomic E-state index is 4.78. The molecule has 3 heteroatoms. The van der Waals surface area contributed by atoms with Crippen LogP contribution in [-0.2, 0) is 6.54 Å². The van der Waals surface area contributed by atoms with Crippen molar-refractivity contribution >= 4 is 27.3 Å². The van der Waals surface area contributed by atoms with Gasteiger partial charge < -0.3 is 8.97 Å². The summed E-state index contributed by atoms with van der Waals surface area (Å²) < 4.78 is 4.73. The molecule has 0 radical (unpaired) electrons. The van der Waals surface area contributed by atoms with Crippen LogP contribution in [0.2, 0.25) is 0 Å². The number of aromatic nitrogens is 2. The zero-order valence-electron chi connectivity index (χ0n) is 11.9. The third kappa shape index (κ3) is 1.31. The van der Waals surface area contributed by atoms with Gasteiger partial charge in [-0.15, -0.1) is 0 Å². The molecule has 102 valence electrons. The lowest BCUT2D eigenvalue weighted by Gasteiger charge is -2.03. The lowest BCUT2D eigenvalue weighted by molar-refractivity contribution is 0.791. The number of aryl methyl sites for hydroxylation is 1. The van der Waals surface area contributed by atoms with Gasteiger partial charge in [0.2, 0.25) is 0 Å². The Hall–Kier alpha value is -2.55. The molecule has 0 saturated carbocycles. The van der Waals surface area contributed by atoms with Crippen molar-refractivity contribution in [1.82, 2.24) is 8.97 Å². The number of benzene rings is 2. The fraction of sp³-hybridized carbons (Fsp3) is 0.167. The zero-order valence-corrected chi connectivity index (χ0v) is 11.9. The van der Waals surface area contributed by atoms with E-state index in [4.69, 9.17) is 4.99 Å². The summed E-state index contributed by atoms with van der Waals surface area (Å²) in [6.45, 7) is 4.02. The molecule has 2 aromatic carbocycles. The topological polar surface area (TPSA) is 21.7 Å². The molecule has 1 aliphatic rings. The predicted octanol–water partition coefficient (Wildman–Crippen LogP) is 3.27. The summed E-state index contributed by atoms with van der Waals surface area (Å²) in [6, 6.07) is 17.4. The summed E-state index contributed by atoms with van der Waals surface area (Å²) in [5.74, 6) is 0. The Kier molecular flexibility index (Phi) is 1.99. The van der Waals surface area contributed by atoms with Gasteiger partial charge in [0.15, 0.2) is 0 Å². The van der Waals surface area contributed by atoms with E-state index in [0.717, 1.165) is 18.6 Å². The lowest BCUT2D eigenvalue weighted by Crippen LogP contribution is -2.13. The van der Waals surface area contributed by atoms with Gasteiger partial charge in [-0.05, 0) is 31.2 Å². The number of fused-ring (bicyclic) bond motifs is 5. The molecular formula is C18H15N3. The molecule has 2 aromatic heterocycles. The van der Waals surface area contributed by atoms with Crippen LogP contribution in [-0.4, -0.2) is 15.5 Å². The number of rotatable bonds is 0. The normalized spacial score (nSPS) is 14.0. The van der Waals surface area contributed by atoms with Crippen molar-refractivity contribution in [3.05, 3.63) is 59.7 Å². The van der Waals surface area contributed by atoms with Crippen LogP contribution >= 0.6 is 0 Å². The predicted molar refractivity (Wildman–Crippen MR) is 85.6 cm³/mol. The SMILES string of the molecule is Cc1cc2cccc3c4n(c5ccccc5n1c23)CCN=4. The third-order valence-electron chi connectivity index (χ3n) is 4.50. The van der Waals surface area contributed by atoms with Gasteiger partial charge in [-0.2, -0.15) is 0 Å². The number of para-hydroxylation sites is 3. The van der Waals surface area contributed by atoms with E-state index in [1.165, 1.54) is 33.0 Å². The van der Waals surface area contributed by atoms with Crippen molar-refractivity contribution in [2.45, 2.75) is 13.5 Å². The molecule has 0 atom stereocenters. The summed E-state index contributed by atoms with van der Waals surface area (Å²) in [7, 11) is 0. The Bertz CT molecular complexity index is 1100. The van der Waals surface area contributed by atoms with Crippen LogP contribution in [0.25, 0.3) is 27.3 Å². The maximum absolute atomic E-state index is 4.78. The van der Waals surface area contributed by atoms with Gasteiger partial charge in [0.1, 0.15) is 5.49 Å². The fourth-order valence-electron chi connectivity index (χ4n) is 3.68. The quantitative estimate of drug-likeness (QED) is 0.469. The minimum absolute atomic E-state index is 0.875. The minimum atomic E-state index is 0.875. The molecule has 5 rings (SSSR count). The molecule has 0 saturated heterocycles. The van der Waals surface area contributed by atoms with Crippen molar-refractivity contribution in [2.24, 2.45) is 4.99 Å². The Morgan fingerprint density at radius 3 is 2.76 bits per heavy atom. The van der Waals surface area contributed by atoms with Gasteiger partial charge in [-0.1, -0.05) is 24.3 Å². The summed E-state index contributed by atoms with van der Waals surface area (Å²) in [5.41, 5.74) is 6.18. The number of nitrogens with zero attached hydrogens (tertiary/aromatic N) is 3. The standard InChI is InChI=1S/C18H15N3/c1-12-11-13-5-4-6-14-17(13)21(12)16-8-3-2-7-15(16)20-10-9-19-18(14)20/h2-8,11H,9-10H2,1H3. The Balaban J connectivity index is 2.31. The molecular weight excluding hydrogens is 258 g/mol. The molecule has 0 unspecified atom stereocenters. The van der Waals surface area contributed by atoms with E-state index in [9.17, 15) is 0 Å². The summed E-state index contributed by atoms with van der Waals surface area (Å²) >= 11 is 0. The second-order valence-electron chi connectivity index (χ2n) is 5.71. The highest BCUT2D eigenvalue weighted by Gasteiger charge is 2.14. The molecule has 3 heterocycles. The monoisotopic (exact) mass is 273 g/mol. The van der Waals surface area contributed by atoms with Gasteiger partial charge in [-0.25, -0.2) is 0 Å². The van der Waals surface area contributed by atoms with Gasteiger partial charge in [0, 0.05) is 23.0 Å². The first kappa shape index (κ1) is 11.1. The molecule has 0 amide bonds. The molecule has 21 heavy (non-hydrogen) atoms. The zero-order chi connectivity index (χ0) is 14.0. The lowest BCUT2D eigenvalue weighted by atomic mass is 10.2. The van der Waals surface area contributed by atoms with E-state index in [0.29, 0.717) is 0 Å². The van der Waals surface area contributed by atoms with Crippen LogP contribution in [0.4, 0.5) is 0 Å². The van der Waals surface area contributed by atoms with Gasteiger partial charge >= 0.3 is 0 Å². The molecule has 3 nitrogen and oxygen atoms in total. The Labute approximate surface area is 121 Å². The molecule has 0 fully saturated rings. The van der Waals surface area contributed by atoms with E-state index in [1.54, 1.807) is 0 Å². The highest BCUT2D eigenvalue weighted by Crippen LogP contribution is 2.26. The first-order chi connectivity index (χ1) is 10.3. The van der Waals surface area contributed by atoms with E-state index in [2.05, 4.69) is 64.4 Å². The molecule has 0 bridgehead atoms. The summed E-state index contributed by atoms with van der Waals surface area (Å²) in [6.07, 6.45) is 0. The van der Waals surface area contributed by atoms with Crippen LogP contribution in [0.5, 0.6) is 0 Å². The van der Waals surface area contributed by atoms with E-state index >= 15 is 0 Å². The first-order valence-corrected chi connectivity index (χ1v) is 7.37. The highest BCUT2D eigenvalue weighted by atomic mass is 15.1. The van der Waals surface area contributed by atoms with E-state index in [-0.39, 0.29) is 0 Å². The molecule has 0 spiro atoms. The van der Waals surface area contributed by atoms with Gasteiger partial charge in [0.05, 0.1) is 23.1 Å². The van der Waals surface area contributed by atoms with Crippen LogP contribution in [0.15, 0.2) is 53.5 Å². The van der Waals surface area contributed by atoms with Crippen molar-refractivity contribution in [3.8, 4) is 0 Å². The van der Waals surface area contributed by atoms with Crippen molar-refractivity contribution in [3.63, 3.8) is 0 Å². The van der Waals surface area contributed by atoms with E-state index < -0.39 is 0 Å². The second-order valence-corrected chi connectivity index (χ2v) is 5.71. The summed E-state index contributed by atoms with van der Waals surface area (Å²) in [4.78, 5) is 4.78. The minimum Gasteiger partial charge on any atom is -0.322 e. The van der Waals surface area contributed by atoms with Crippen molar-refractivity contribution < 1.29 is 0 Å². The first-order valence-electron chi connectivity index (χ1n) is 7.37. The fourth-order valence-corrected chi connectivity index (χ4v) is 3.68. The molecule has 4 aromatic rings. The van der Waals surface area contributed by atoms with Gasteiger partial charge in [0.25, 0.3) is 0 Å². The third-order valence-corrected chi connectivity index (χ3v) is 4.50. The van der Waals surface area contributed by atoms with Crippen molar-refractivity contribution in [2.75, 3.05) is 6.54 Å². The van der Waals surface area contributed by atoms with Crippen LogP contribution in [0.1, 0.15) is 5.69 Å². The Morgan fingerprint density at radius 2 is 1.86 bits per heavy atom. The Morgan fingerprint density at radius 1 is 1.00 bits per heavy atom. The average Bonchev–Trinajstić information content (AvgIpc) is 3.07. The van der Waals surface area contributed by atoms with Crippen LogP contribution < -0.4 is 5.49 Å². The molecule has 0 aliphatic carbocycles. The highest BCUT2D eigenvalue weighted by molar-refractivity contribution is 5.99. The van der Waals surface area contributed by atoms with Crippen molar-refractivity contribution in [1.29, 1.82) is 0 Å². The average molecular weight is 273 g/mol. The summed E-state index contributed by atoms with van der Waals surface area (Å²) in [5, 5.41) is 2.53. The van der Waals surface area contributed by atoms with E-state index in [1.807, 2.05) is 0 Å². The second kappa shape index (κ2) is 3.76. The van der Waals surface area contributed by atoms with Crippen LogP contribution in [0.3, 0.4) is 0 Å². The number of hydrogen-bond acceptors (Lipinski definition) is 1.